The van der Waals surface area contributed by atoms with E-state index in [2.05, 4.69) is 22.9 Å². The van der Waals surface area contributed by atoms with Crippen LogP contribution in [0.1, 0.15) is 71.1 Å². The van der Waals surface area contributed by atoms with Crippen LogP contribution in [0.2, 0.25) is 18.1 Å². The minimum Gasteiger partial charge on any atom is -0.0928 e. The summed E-state index contributed by atoms with van der Waals surface area (Å²) >= 11 is 3.58. The molecular weight excluding hydrogens is 324 g/mol. The molecule has 1 saturated carbocycles. The highest BCUT2D eigenvalue weighted by molar-refractivity contribution is 9.09. The molecule has 1 heterocycles. The summed E-state index contributed by atoms with van der Waals surface area (Å²) in [6.45, 7) is 2.36. The molecule has 1 aliphatic carbocycles. The second kappa shape index (κ2) is 9.66. The van der Waals surface area contributed by atoms with Gasteiger partial charge in [0, 0.05) is 14.1 Å². The normalized spacial score (nSPS) is 35.1. The molecule has 0 aromatic carbocycles. The fourth-order valence-corrected chi connectivity index (χ4v) is 8.73. The Labute approximate surface area is 137 Å². The van der Waals surface area contributed by atoms with E-state index in [0.29, 0.717) is 0 Å². The maximum atomic E-state index is 3.58. The van der Waals surface area contributed by atoms with Crippen molar-refractivity contribution in [3.05, 3.63) is 0 Å². The van der Waals surface area contributed by atoms with E-state index in [0.717, 1.165) is 17.8 Å². The summed E-state index contributed by atoms with van der Waals surface area (Å²) in [7, 11) is -0.270. The second-order valence-electron chi connectivity index (χ2n) is 7.54. The lowest BCUT2D eigenvalue weighted by molar-refractivity contribution is 0.186. The first-order valence-electron chi connectivity index (χ1n) is 9.39. The van der Waals surface area contributed by atoms with Crippen molar-refractivity contribution in [2.24, 2.45) is 17.8 Å². The molecule has 2 aliphatic rings. The Morgan fingerprint density at radius 1 is 0.900 bits per heavy atom. The van der Waals surface area contributed by atoms with Gasteiger partial charge in [-0.25, -0.2) is 0 Å². The van der Waals surface area contributed by atoms with Crippen molar-refractivity contribution in [2.45, 2.75) is 89.3 Å². The van der Waals surface area contributed by atoms with Gasteiger partial charge >= 0.3 is 0 Å². The summed E-state index contributed by atoms with van der Waals surface area (Å²) in [5, 5.41) is 1.21. The minimum atomic E-state index is -0.270. The van der Waals surface area contributed by atoms with Crippen molar-refractivity contribution in [3.8, 4) is 0 Å². The van der Waals surface area contributed by atoms with Crippen LogP contribution in [0.3, 0.4) is 0 Å². The zero-order chi connectivity index (χ0) is 14.2. The van der Waals surface area contributed by atoms with Gasteiger partial charge in [-0.05, 0) is 43.4 Å². The molecule has 0 amide bonds. The lowest BCUT2D eigenvalue weighted by atomic mass is 9.73. The van der Waals surface area contributed by atoms with Gasteiger partial charge in [-0.2, -0.15) is 0 Å². The van der Waals surface area contributed by atoms with Gasteiger partial charge < -0.3 is 0 Å². The van der Waals surface area contributed by atoms with Gasteiger partial charge in [0.25, 0.3) is 0 Å². The third-order valence-corrected chi connectivity index (χ3v) is 10.2. The number of halogens is 1. The summed E-state index contributed by atoms with van der Waals surface area (Å²) in [4.78, 5) is 0. The van der Waals surface area contributed by atoms with E-state index in [9.17, 15) is 0 Å². The van der Waals surface area contributed by atoms with E-state index < -0.39 is 0 Å². The topological polar surface area (TPSA) is 0 Å². The number of unbranched alkanes of at least 4 members (excludes halogenated alkanes) is 1. The smallest absolute Gasteiger partial charge is 0.0368 e. The minimum absolute atomic E-state index is 0.270. The van der Waals surface area contributed by atoms with Crippen molar-refractivity contribution < 1.29 is 0 Å². The van der Waals surface area contributed by atoms with E-state index in [1.807, 2.05) is 0 Å². The zero-order valence-corrected chi connectivity index (χ0v) is 16.3. The van der Waals surface area contributed by atoms with Crippen LogP contribution < -0.4 is 0 Å². The van der Waals surface area contributed by atoms with Gasteiger partial charge in [-0.3, -0.25) is 0 Å². The molecule has 2 rings (SSSR count). The fraction of sp³-hybridized carbons (Fsp3) is 1.00. The van der Waals surface area contributed by atoms with Crippen LogP contribution in [0.25, 0.3) is 0 Å². The highest BCUT2D eigenvalue weighted by atomic mass is 79.9. The summed E-state index contributed by atoms with van der Waals surface area (Å²) in [6.07, 6.45) is 15.3. The Bertz CT molecular complexity index is 214. The molecule has 0 aromatic rings. The van der Waals surface area contributed by atoms with Gasteiger partial charge in [-0.1, -0.05) is 79.5 Å². The molecule has 0 atom stereocenters. The van der Waals surface area contributed by atoms with Gasteiger partial charge in [0.2, 0.25) is 0 Å². The average Bonchev–Trinajstić information content (AvgIpc) is 2.52. The first kappa shape index (κ1) is 17.1. The standard InChI is InChI=1S/C18H35BrSi/c1-2-3-13-20-14-10-18(11-15-20)17-8-6-16(7-9-17)5-4-12-19/h16-18,20H,2-15H2,1H3. The first-order chi connectivity index (χ1) is 9.83. The Morgan fingerprint density at radius 3 is 2.15 bits per heavy atom. The molecule has 1 saturated heterocycles. The lowest BCUT2D eigenvalue weighted by Gasteiger charge is -2.37. The van der Waals surface area contributed by atoms with E-state index >= 15 is 0 Å². The molecule has 0 spiro atoms. The number of hydrogen-bond donors (Lipinski definition) is 0. The van der Waals surface area contributed by atoms with Crippen molar-refractivity contribution >= 4 is 24.7 Å². The van der Waals surface area contributed by atoms with E-state index in [-0.39, 0.29) is 8.80 Å². The lowest BCUT2D eigenvalue weighted by Crippen LogP contribution is -2.28. The van der Waals surface area contributed by atoms with Crippen LogP contribution in [-0.4, -0.2) is 14.1 Å². The number of hydrogen-bond acceptors (Lipinski definition) is 0. The molecule has 2 heteroatoms. The molecule has 0 radical (unpaired) electrons. The Hall–Kier alpha value is 0.697. The summed E-state index contributed by atoms with van der Waals surface area (Å²) in [6, 6.07) is 5.03. The molecule has 0 N–H and O–H groups in total. The van der Waals surface area contributed by atoms with E-state index in [1.54, 1.807) is 56.7 Å². The van der Waals surface area contributed by atoms with Gasteiger partial charge in [0.15, 0.2) is 0 Å². The van der Waals surface area contributed by atoms with Gasteiger partial charge in [0.05, 0.1) is 0 Å². The third kappa shape index (κ3) is 5.48. The molecule has 1 aliphatic heterocycles. The Kier molecular flexibility index (Phi) is 8.24. The average molecular weight is 359 g/mol. The van der Waals surface area contributed by atoms with Crippen molar-refractivity contribution in [1.29, 1.82) is 0 Å². The molecule has 0 unspecified atom stereocenters. The molecule has 0 bridgehead atoms. The highest BCUT2D eigenvalue weighted by Gasteiger charge is 2.30. The predicted octanol–water partition coefficient (Wildman–Crippen LogP) is 6.41. The SMILES string of the molecule is CCCC[SiH]1CCC(C2CCC(CCCBr)CC2)CC1. The maximum absolute atomic E-state index is 3.58. The third-order valence-electron chi connectivity index (χ3n) is 6.16. The van der Waals surface area contributed by atoms with Crippen LogP contribution in [0.5, 0.6) is 0 Å². The second-order valence-corrected chi connectivity index (χ2v) is 11.8. The van der Waals surface area contributed by atoms with E-state index in [1.165, 1.54) is 31.0 Å². The fourth-order valence-electron chi connectivity index (χ4n) is 4.76. The van der Waals surface area contributed by atoms with Gasteiger partial charge in [0.1, 0.15) is 0 Å². The van der Waals surface area contributed by atoms with Crippen LogP contribution in [-0.2, 0) is 0 Å². The highest BCUT2D eigenvalue weighted by Crippen LogP contribution is 2.41. The quantitative estimate of drug-likeness (QED) is 0.364. The molecule has 2 fully saturated rings. The van der Waals surface area contributed by atoms with Crippen LogP contribution in [0.15, 0.2) is 0 Å². The molecule has 0 aromatic heterocycles. The monoisotopic (exact) mass is 358 g/mol. The molecular formula is C18H35BrSi. The number of rotatable bonds is 7. The first-order valence-corrected chi connectivity index (χ1v) is 13.0. The van der Waals surface area contributed by atoms with Crippen molar-refractivity contribution in [1.82, 2.24) is 0 Å². The molecule has 20 heavy (non-hydrogen) atoms. The Balaban J connectivity index is 1.63. The van der Waals surface area contributed by atoms with Crippen LogP contribution in [0, 0.1) is 17.8 Å². The van der Waals surface area contributed by atoms with Gasteiger partial charge in [-0.15, -0.1) is 0 Å². The molecule has 118 valence electrons. The molecule has 0 nitrogen and oxygen atoms in total. The Morgan fingerprint density at radius 2 is 1.55 bits per heavy atom. The van der Waals surface area contributed by atoms with Crippen LogP contribution >= 0.6 is 15.9 Å². The van der Waals surface area contributed by atoms with Crippen molar-refractivity contribution in [3.63, 3.8) is 0 Å². The maximum Gasteiger partial charge on any atom is 0.0368 e. The summed E-state index contributed by atoms with van der Waals surface area (Å²) in [5.41, 5.74) is 0. The summed E-state index contributed by atoms with van der Waals surface area (Å²) in [5.74, 6) is 3.33. The number of alkyl halides is 1. The zero-order valence-electron chi connectivity index (χ0n) is 13.6. The summed E-state index contributed by atoms with van der Waals surface area (Å²) < 4.78 is 0. The van der Waals surface area contributed by atoms with Crippen LogP contribution in [0.4, 0.5) is 0 Å². The van der Waals surface area contributed by atoms with E-state index in [4.69, 9.17) is 0 Å². The predicted molar refractivity (Wildman–Crippen MR) is 97.7 cm³/mol. The van der Waals surface area contributed by atoms with Crippen molar-refractivity contribution in [2.75, 3.05) is 5.33 Å². The largest absolute Gasteiger partial charge is 0.0928 e.